The van der Waals surface area contributed by atoms with E-state index in [9.17, 15) is 0 Å². The van der Waals surface area contributed by atoms with E-state index >= 15 is 0 Å². The highest BCUT2D eigenvalue weighted by molar-refractivity contribution is 5.68. The number of unbranched alkanes of at least 4 members (excludes halogenated alkanes) is 1. The van der Waals surface area contributed by atoms with Gasteiger partial charge in [0.2, 0.25) is 5.95 Å². The third kappa shape index (κ3) is 9.36. The summed E-state index contributed by atoms with van der Waals surface area (Å²) in [6.45, 7) is 9.02. The fourth-order valence-electron chi connectivity index (χ4n) is 4.59. The topological polar surface area (TPSA) is 84.0 Å². The van der Waals surface area contributed by atoms with Crippen molar-refractivity contribution in [3.8, 4) is 22.8 Å². The molecule has 40 heavy (non-hydrogen) atoms. The third-order valence-corrected chi connectivity index (χ3v) is 6.58. The molecular weight excluding hydrogens is 504 g/mol. The van der Waals surface area contributed by atoms with Crippen molar-refractivity contribution in [1.82, 2.24) is 20.2 Å². The number of nitrogens with one attached hydrogen (secondary N) is 2. The molecule has 0 amide bonds. The number of fused-ring (bicyclic) bond motifs is 7. The second-order valence-electron chi connectivity index (χ2n) is 10.2. The molecule has 2 aromatic carbocycles. The molecule has 0 saturated carbocycles. The van der Waals surface area contributed by atoms with E-state index < -0.39 is 0 Å². The van der Waals surface area contributed by atoms with Crippen molar-refractivity contribution in [3.05, 3.63) is 54.7 Å². The van der Waals surface area contributed by atoms with Crippen LogP contribution < -0.4 is 25.0 Å². The minimum atomic E-state index is 0.446. The molecule has 9 nitrogen and oxygen atoms in total. The number of ether oxygens (including phenoxy) is 3. The monoisotopic (exact) mass is 548 g/mol. The molecule has 3 aromatic rings. The summed E-state index contributed by atoms with van der Waals surface area (Å²) in [6.07, 6.45) is 5.20. The molecule has 9 heteroatoms. The second-order valence-corrected chi connectivity index (χ2v) is 10.2. The number of aromatic nitrogens is 2. The molecule has 6 bridgehead atoms. The number of nitrogens with zero attached hydrogens (tertiary/aromatic N) is 4. The smallest absolute Gasteiger partial charge is 0.227 e. The van der Waals surface area contributed by atoms with Gasteiger partial charge in [0.15, 0.2) is 0 Å². The molecule has 1 aliphatic rings. The van der Waals surface area contributed by atoms with Crippen molar-refractivity contribution in [3.63, 3.8) is 0 Å². The number of hydrogen-bond acceptors (Lipinski definition) is 9. The zero-order valence-corrected chi connectivity index (χ0v) is 24.2. The lowest BCUT2D eigenvalue weighted by atomic mass is 10.1. The predicted octanol–water partition coefficient (Wildman–Crippen LogP) is 4.82. The lowest BCUT2D eigenvalue weighted by Gasteiger charge is -2.27. The molecular formula is C31H44N6O3. The molecule has 0 radical (unpaired) electrons. The third-order valence-electron chi connectivity index (χ3n) is 6.58. The maximum Gasteiger partial charge on any atom is 0.227 e. The minimum Gasteiger partial charge on any atom is -0.491 e. The van der Waals surface area contributed by atoms with Crippen LogP contribution in [0.25, 0.3) is 11.3 Å². The van der Waals surface area contributed by atoms with Crippen molar-refractivity contribution in [1.29, 1.82) is 0 Å². The van der Waals surface area contributed by atoms with Crippen LogP contribution in [0.4, 0.5) is 17.3 Å². The average molecular weight is 549 g/mol. The Hall–Kier alpha value is -3.40. The van der Waals surface area contributed by atoms with Crippen LogP contribution >= 0.6 is 0 Å². The van der Waals surface area contributed by atoms with E-state index in [1.165, 1.54) is 12.8 Å². The Kier molecular flexibility index (Phi) is 11.8. The fraction of sp³-hybridized carbons (Fsp3) is 0.484. The summed E-state index contributed by atoms with van der Waals surface area (Å²) in [5.74, 6) is 2.13. The predicted molar refractivity (Wildman–Crippen MR) is 162 cm³/mol. The standard InChI is InChI=1S/C31H44N6O3/c1-4-16-37(18-15-32-13-5-6-17-36(2)3)29-11-10-26-24-30(29)40-22-20-38-19-21-39-27-9-7-8-25(23-27)28-12-14-33-31(34-26)35-28/h7-12,14,23-24,32H,4-6,13,15-22H2,1-3H3,(H,33,34,35). The molecule has 2 heterocycles. The first-order valence-electron chi connectivity index (χ1n) is 14.4. The van der Waals surface area contributed by atoms with Gasteiger partial charge in [-0.3, -0.25) is 0 Å². The van der Waals surface area contributed by atoms with E-state index in [-0.39, 0.29) is 0 Å². The molecule has 2 N–H and O–H groups in total. The molecule has 0 saturated heterocycles. The van der Waals surface area contributed by atoms with E-state index in [1.54, 1.807) is 6.20 Å². The fourth-order valence-corrected chi connectivity index (χ4v) is 4.59. The molecule has 1 aromatic heterocycles. The van der Waals surface area contributed by atoms with Gasteiger partial charge in [-0.25, -0.2) is 9.97 Å². The molecule has 216 valence electrons. The Morgan fingerprint density at radius 3 is 2.62 bits per heavy atom. The Labute approximate surface area is 238 Å². The van der Waals surface area contributed by atoms with Gasteiger partial charge in [-0.05, 0) is 76.8 Å². The molecule has 4 rings (SSSR count). The molecule has 0 unspecified atom stereocenters. The maximum absolute atomic E-state index is 6.29. The number of hydrogen-bond donors (Lipinski definition) is 2. The van der Waals surface area contributed by atoms with E-state index in [0.717, 1.165) is 73.3 Å². The second kappa shape index (κ2) is 16.0. The first-order valence-corrected chi connectivity index (χ1v) is 14.4. The van der Waals surface area contributed by atoms with Crippen molar-refractivity contribution in [2.75, 3.05) is 83.5 Å². The number of anilines is 3. The van der Waals surface area contributed by atoms with Crippen LogP contribution in [0.2, 0.25) is 0 Å². The number of benzene rings is 2. The van der Waals surface area contributed by atoms with Crippen LogP contribution in [0.3, 0.4) is 0 Å². The van der Waals surface area contributed by atoms with E-state index in [1.807, 2.05) is 36.4 Å². The SMILES string of the molecule is CCCN(CCNCCCCN(C)C)c1ccc2cc1OCCOCCOc1cccc(c1)-c1ccnc(n1)N2. The summed E-state index contributed by atoms with van der Waals surface area (Å²) >= 11 is 0. The summed E-state index contributed by atoms with van der Waals surface area (Å²) in [5, 5.41) is 6.97. The van der Waals surface area contributed by atoms with E-state index in [4.69, 9.17) is 19.2 Å². The average Bonchev–Trinajstić information content (AvgIpc) is 2.95. The Balaban J connectivity index is 1.50. The van der Waals surface area contributed by atoms with E-state index in [0.29, 0.717) is 32.4 Å². The summed E-state index contributed by atoms with van der Waals surface area (Å²) in [5.41, 5.74) is 3.73. The van der Waals surface area contributed by atoms with Crippen LogP contribution in [0.5, 0.6) is 11.5 Å². The van der Waals surface area contributed by atoms with Crippen LogP contribution in [0.15, 0.2) is 54.7 Å². The van der Waals surface area contributed by atoms with Crippen molar-refractivity contribution < 1.29 is 14.2 Å². The Morgan fingerprint density at radius 2 is 1.77 bits per heavy atom. The van der Waals surface area contributed by atoms with Gasteiger partial charge in [0.1, 0.15) is 24.7 Å². The van der Waals surface area contributed by atoms with Crippen LogP contribution in [0.1, 0.15) is 26.2 Å². The van der Waals surface area contributed by atoms with Gasteiger partial charge < -0.3 is 34.6 Å². The molecule has 0 spiro atoms. The summed E-state index contributed by atoms with van der Waals surface area (Å²) in [4.78, 5) is 13.8. The van der Waals surface area contributed by atoms with Gasteiger partial charge >= 0.3 is 0 Å². The van der Waals surface area contributed by atoms with Crippen LogP contribution in [0, 0.1) is 0 Å². The van der Waals surface area contributed by atoms with Gasteiger partial charge in [-0.2, -0.15) is 0 Å². The van der Waals surface area contributed by atoms with Gasteiger partial charge in [0.05, 0.1) is 24.6 Å². The lowest BCUT2D eigenvalue weighted by molar-refractivity contribution is 0.0765. The molecule has 0 aliphatic carbocycles. The largest absolute Gasteiger partial charge is 0.491 e. The van der Waals surface area contributed by atoms with Gasteiger partial charge in [0.25, 0.3) is 0 Å². The van der Waals surface area contributed by atoms with Gasteiger partial charge in [-0.1, -0.05) is 19.1 Å². The summed E-state index contributed by atoms with van der Waals surface area (Å²) in [7, 11) is 4.25. The minimum absolute atomic E-state index is 0.446. The first kappa shape index (κ1) is 29.6. The zero-order chi connectivity index (χ0) is 28.0. The highest BCUT2D eigenvalue weighted by Crippen LogP contribution is 2.33. The molecule has 0 fully saturated rings. The Morgan fingerprint density at radius 1 is 0.900 bits per heavy atom. The molecule has 0 atom stereocenters. The van der Waals surface area contributed by atoms with Crippen molar-refractivity contribution in [2.45, 2.75) is 26.2 Å². The van der Waals surface area contributed by atoms with E-state index in [2.05, 4.69) is 58.6 Å². The highest BCUT2D eigenvalue weighted by Gasteiger charge is 2.14. The first-order chi connectivity index (χ1) is 19.6. The normalized spacial score (nSPS) is 13.6. The Bertz CT molecular complexity index is 1180. The maximum atomic E-state index is 6.29. The quantitative estimate of drug-likeness (QED) is 0.328. The summed E-state index contributed by atoms with van der Waals surface area (Å²) in [6, 6.07) is 16.0. The van der Waals surface area contributed by atoms with Gasteiger partial charge in [-0.15, -0.1) is 0 Å². The summed E-state index contributed by atoms with van der Waals surface area (Å²) < 4.78 is 18.0. The molecule has 1 aliphatic heterocycles. The lowest BCUT2D eigenvalue weighted by Crippen LogP contribution is -2.33. The van der Waals surface area contributed by atoms with Crippen molar-refractivity contribution >= 4 is 17.3 Å². The van der Waals surface area contributed by atoms with Crippen molar-refractivity contribution in [2.24, 2.45) is 0 Å². The van der Waals surface area contributed by atoms with Crippen LogP contribution in [-0.4, -0.2) is 88.1 Å². The van der Waals surface area contributed by atoms with Gasteiger partial charge in [0, 0.05) is 43.1 Å². The number of rotatable bonds is 11. The highest BCUT2D eigenvalue weighted by atomic mass is 16.5. The zero-order valence-electron chi connectivity index (χ0n) is 24.2. The van der Waals surface area contributed by atoms with Crippen LogP contribution in [-0.2, 0) is 4.74 Å².